The monoisotopic (exact) mass is 464 g/mol. The van der Waals surface area contributed by atoms with Crippen LogP contribution in [-0.4, -0.2) is 5.11 Å². The summed E-state index contributed by atoms with van der Waals surface area (Å²) in [6.07, 6.45) is 1.74. The molecule has 1 unspecified atom stereocenters. The summed E-state index contributed by atoms with van der Waals surface area (Å²) in [6, 6.07) is 24.0. The zero-order valence-electron chi connectivity index (χ0n) is 16.1. The van der Waals surface area contributed by atoms with Crippen molar-refractivity contribution in [1.82, 2.24) is 0 Å². The van der Waals surface area contributed by atoms with Gasteiger partial charge in [-0.2, -0.15) is 0 Å². The summed E-state index contributed by atoms with van der Waals surface area (Å²) in [4.78, 5) is 13.2. The van der Waals surface area contributed by atoms with Gasteiger partial charge in [-0.15, -0.1) is 0 Å². The van der Waals surface area contributed by atoms with Crippen LogP contribution in [0.25, 0.3) is 21.2 Å². The molecular formula is C25H21BrO2S. The Morgan fingerprint density at radius 3 is 2.21 bits per heavy atom. The molecule has 0 bridgehead atoms. The minimum absolute atomic E-state index is 0.0627. The highest BCUT2D eigenvalue weighted by molar-refractivity contribution is 9.10. The molecule has 0 amide bonds. The minimum atomic E-state index is -0.118. The molecule has 4 aromatic rings. The van der Waals surface area contributed by atoms with E-state index in [1.807, 2.05) is 36.4 Å². The molecule has 1 atom stereocenters. The van der Waals surface area contributed by atoms with E-state index in [0.29, 0.717) is 10.9 Å². The number of hydrogen-bond acceptors (Lipinski definition) is 3. The van der Waals surface area contributed by atoms with Gasteiger partial charge in [-0.1, -0.05) is 89.1 Å². The molecule has 146 valence electrons. The minimum Gasteiger partial charge on any atom is -0.499 e. The zero-order valence-corrected chi connectivity index (χ0v) is 18.5. The second-order valence-electron chi connectivity index (χ2n) is 7.12. The van der Waals surface area contributed by atoms with Crippen molar-refractivity contribution in [2.45, 2.75) is 25.7 Å². The maximum absolute atomic E-state index is 13.2. The Labute approximate surface area is 182 Å². The quantitative estimate of drug-likeness (QED) is 0.335. The van der Waals surface area contributed by atoms with Crippen molar-refractivity contribution in [1.29, 1.82) is 0 Å². The molecule has 0 aliphatic rings. The first-order chi connectivity index (χ1) is 14.1. The van der Waals surface area contributed by atoms with E-state index in [2.05, 4.69) is 59.3 Å². The van der Waals surface area contributed by atoms with E-state index in [9.17, 15) is 9.90 Å². The van der Waals surface area contributed by atoms with Gasteiger partial charge in [-0.05, 0) is 47.4 Å². The zero-order chi connectivity index (χ0) is 20.4. The van der Waals surface area contributed by atoms with Gasteiger partial charge in [-0.3, -0.25) is 4.79 Å². The van der Waals surface area contributed by atoms with Gasteiger partial charge in [0.05, 0.1) is 5.56 Å². The number of benzene rings is 3. The van der Waals surface area contributed by atoms with Crippen LogP contribution in [0.2, 0.25) is 0 Å². The molecule has 4 heteroatoms. The van der Waals surface area contributed by atoms with Crippen LogP contribution < -0.4 is 5.43 Å². The van der Waals surface area contributed by atoms with Crippen LogP contribution in [0.4, 0.5) is 0 Å². The summed E-state index contributed by atoms with van der Waals surface area (Å²) >= 11 is 4.75. The lowest BCUT2D eigenvalue weighted by molar-refractivity contribution is 0.477. The summed E-state index contributed by atoms with van der Waals surface area (Å²) in [6.45, 7) is 2.11. The largest absolute Gasteiger partial charge is 0.499 e. The standard InChI is InChI=1S/C25H21BrO2S/c1-2-5-20(23-24(27)21-6-3-4-7-22(21)29-25(23)28)18-10-8-16(9-11-18)17-12-14-19(26)15-13-17/h3-4,6-15,20,28H,2,5H2,1H3. The molecule has 0 saturated heterocycles. The van der Waals surface area contributed by atoms with E-state index in [0.717, 1.165) is 38.7 Å². The van der Waals surface area contributed by atoms with Gasteiger partial charge in [0.1, 0.15) is 0 Å². The molecule has 1 heterocycles. The van der Waals surface area contributed by atoms with Crippen LogP contribution in [0.1, 0.15) is 36.8 Å². The molecular weight excluding hydrogens is 444 g/mol. The lowest BCUT2D eigenvalue weighted by atomic mass is 9.87. The molecule has 29 heavy (non-hydrogen) atoms. The smallest absolute Gasteiger partial charge is 0.195 e. The fraction of sp³-hybridized carbons (Fsp3) is 0.160. The van der Waals surface area contributed by atoms with Crippen molar-refractivity contribution in [3.63, 3.8) is 0 Å². The molecule has 0 aliphatic heterocycles. The Kier molecular flexibility index (Phi) is 5.84. The molecule has 3 aromatic carbocycles. The van der Waals surface area contributed by atoms with Crippen LogP contribution in [0.3, 0.4) is 0 Å². The first-order valence-electron chi connectivity index (χ1n) is 9.69. The highest BCUT2D eigenvalue weighted by Gasteiger charge is 2.22. The third-order valence-electron chi connectivity index (χ3n) is 5.23. The second-order valence-corrected chi connectivity index (χ2v) is 9.06. The summed E-state index contributed by atoms with van der Waals surface area (Å²) in [7, 11) is 0. The summed E-state index contributed by atoms with van der Waals surface area (Å²) in [5.41, 5.74) is 3.79. The highest BCUT2D eigenvalue weighted by atomic mass is 79.9. The Morgan fingerprint density at radius 1 is 0.931 bits per heavy atom. The van der Waals surface area contributed by atoms with Crippen LogP contribution in [0.15, 0.2) is 82.1 Å². The van der Waals surface area contributed by atoms with E-state index < -0.39 is 0 Å². The van der Waals surface area contributed by atoms with Crippen molar-refractivity contribution in [2.75, 3.05) is 0 Å². The second kappa shape index (κ2) is 8.52. The van der Waals surface area contributed by atoms with E-state index >= 15 is 0 Å². The molecule has 0 aliphatic carbocycles. The third kappa shape index (κ3) is 4.00. The Bertz CT molecular complexity index is 1190. The third-order valence-corrected chi connectivity index (χ3v) is 6.75. The molecule has 1 N–H and O–H groups in total. The number of aromatic hydroxyl groups is 1. The molecule has 4 rings (SSSR count). The Hall–Kier alpha value is -2.43. The van der Waals surface area contributed by atoms with Crippen molar-refractivity contribution in [3.05, 3.63) is 98.6 Å². The van der Waals surface area contributed by atoms with E-state index in [-0.39, 0.29) is 16.4 Å². The number of rotatable bonds is 5. The van der Waals surface area contributed by atoms with Gasteiger partial charge in [0, 0.05) is 20.5 Å². The van der Waals surface area contributed by atoms with Gasteiger partial charge >= 0.3 is 0 Å². The molecule has 1 aromatic heterocycles. The van der Waals surface area contributed by atoms with Crippen LogP contribution in [0, 0.1) is 0 Å². The normalized spacial score (nSPS) is 12.2. The Balaban J connectivity index is 1.78. The lowest BCUT2D eigenvalue weighted by Gasteiger charge is -2.18. The number of hydrogen-bond donors (Lipinski definition) is 1. The van der Waals surface area contributed by atoms with E-state index in [4.69, 9.17) is 0 Å². The average Bonchev–Trinajstić information content (AvgIpc) is 2.74. The van der Waals surface area contributed by atoms with Crippen molar-refractivity contribution < 1.29 is 5.11 Å². The van der Waals surface area contributed by atoms with E-state index in [1.54, 1.807) is 0 Å². The van der Waals surface area contributed by atoms with Gasteiger partial charge in [-0.25, -0.2) is 0 Å². The molecule has 0 radical (unpaired) electrons. The van der Waals surface area contributed by atoms with Crippen LogP contribution >= 0.6 is 27.3 Å². The van der Waals surface area contributed by atoms with Crippen molar-refractivity contribution >= 4 is 37.4 Å². The van der Waals surface area contributed by atoms with Crippen LogP contribution in [-0.2, 0) is 0 Å². The van der Waals surface area contributed by atoms with Crippen LogP contribution in [0.5, 0.6) is 5.06 Å². The fourth-order valence-corrected chi connectivity index (χ4v) is 5.00. The first kappa shape index (κ1) is 19.9. The highest BCUT2D eigenvalue weighted by Crippen LogP contribution is 2.38. The maximum Gasteiger partial charge on any atom is 0.195 e. The fourth-order valence-electron chi connectivity index (χ4n) is 3.77. The summed E-state index contributed by atoms with van der Waals surface area (Å²) in [5.74, 6) is -0.118. The predicted octanol–water partition coefficient (Wildman–Crippen LogP) is 7.33. The number of halogens is 1. The SMILES string of the molecule is CCCC(c1ccc(-c2ccc(Br)cc2)cc1)c1c(O)sc2ccccc2c1=O. The summed E-state index contributed by atoms with van der Waals surface area (Å²) < 4.78 is 1.87. The lowest BCUT2D eigenvalue weighted by Crippen LogP contribution is -2.14. The van der Waals surface area contributed by atoms with Gasteiger partial charge in [0.2, 0.25) is 0 Å². The van der Waals surface area contributed by atoms with Crippen molar-refractivity contribution in [3.8, 4) is 16.2 Å². The topological polar surface area (TPSA) is 37.3 Å². The molecule has 0 saturated carbocycles. The van der Waals surface area contributed by atoms with Gasteiger partial charge in [0.15, 0.2) is 10.5 Å². The number of fused-ring (bicyclic) bond motifs is 1. The Morgan fingerprint density at radius 2 is 1.55 bits per heavy atom. The maximum atomic E-state index is 13.2. The van der Waals surface area contributed by atoms with Gasteiger partial charge in [0.25, 0.3) is 0 Å². The first-order valence-corrected chi connectivity index (χ1v) is 11.3. The molecule has 0 fully saturated rings. The molecule has 2 nitrogen and oxygen atoms in total. The average molecular weight is 465 g/mol. The van der Waals surface area contributed by atoms with Crippen molar-refractivity contribution in [2.24, 2.45) is 0 Å². The van der Waals surface area contributed by atoms with E-state index in [1.165, 1.54) is 11.3 Å². The predicted molar refractivity (Wildman–Crippen MR) is 126 cm³/mol. The summed E-state index contributed by atoms with van der Waals surface area (Å²) in [5, 5.41) is 11.5. The van der Waals surface area contributed by atoms with Gasteiger partial charge < -0.3 is 5.11 Å². The molecule has 0 spiro atoms.